The number of aliphatic hydroxyl groups is 1. The minimum Gasteiger partial charge on any atom is -0.386 e. The molecule has 0 amide bonds. The third-order valence-electron chi connectivity index (χ3n) is 6.41. The van der Waals surface area contributed by atoms with E-state index in [1.54, 1.807) is 0 Å². The van der Waals surface area contributed by atoms with E-state index < -0.39 is 29.9 Å². The highest BCUT2D eigenvalue weighted by Gasteiger charge is 2.47. The molecule has 10 heteroatoms. The van der Waals surface area contributed by atoms with Gasteiger partial charge in [-0.25, -0.2) is 13.8 Å². The summed E-state index contributed by atoms with van der Waals surface area (Å²) in [5, 5.41) is 26.5. The maximum atomic E-state index is 14.7. The molecule has 0 radical (unpaired) electrons. The van der Waals surface area contributed by atoms with Crippen LogP contribution in [-0.4, -0.2) is 73.3 Å². The molecule has 0 aromatic carbocycles. The van der Waals surface area contributed by atoms with E-state index in [1.165, 1.54) is 17.3 Å². The van der Waals surface area contributed by atoms with Gasteiger partial charge in [-0.2, -0.15) is 5.10 Å². The van der Waals surface area contributed by atoms with Gasteiger partial charge in [0.05, 0.1) is 6.54 Å². The quantitative estimate of drug-likeness (QED) is 0.554. The highest BCUT2D eigenvalue weighted by atomic mass is 19.1. The van der Waals surface area contributed by atoms with Crippen LogP contribution in [0, 0.1) is 16.0 Å². The molecule has 1 heterocycles. The van der Waals surface area contributed by atoms with E-state index in [0.29, 0.717) is 25.7 Å². The van der Waals surface area contributed by atoms with E-state index in [0.717, 1.165) is 0 Å². The fourth-order valence-electron chi connectivity index (χ4n) is 4.82. The number of alkyl halides is 2. The number of rotatable bonds is 7. The molecule has 2 aliphatic rings. The van der Waals surface area contributed by atoms with Crippen molar-refractivity contribution in [3.05, 3.63) is 22.8 Å². The van der Waals surface area contributed by atoms with Gasteiger partial charge >= 0.3 is 0 Å². The van der Waals surface area contributed by atoms with E-state index in [-0.39, 0.29) is 43.3 Å². The fraction of sp³-hybridized carbons (Fsp3) is 0.889. The van der Waals surface area contributed by atoms with Crippen molar-refractivity contribution in [1.29, 1.82) is 0 Å². The largest absolute Gasteiger partial charge is 0.386 e. The van der Waals surface area contributed by atoms with Gasteiger partial charge in [0.25, 0.3) is 0 Å². The molecule has 1 aromatic heterocycles. The Balaban J connectivity index is 1.71. The third-order valence-corrected chi connectivity index (χ3v) is 6.41. The van der Waals surface area contributed by atoms with Crippen LogP contribution < -0.4 is 0 Å². The lowest BCUT2D eigenvalue weighted by molar-refractivity contribution is -0.526. The zero-order valence-corrected chi connectivity index (χ0v) is 16.2. The highest BCUT2D eigenvalue weighted by Crippen LogP contribution is 2.38. The predicted molar refractivity (Wildman–Crippen MR) is 97.8 cm³/mol. The summed E-state index contributed by atoms with van der Waals surface area (Å²) in [5.41, 5.74) is -1.43. The zero-order chi connectivity index (χ0) is 20.3. The predicted octanol–water partition coefficient (Wildman–Crippen LogP) is 2.01. The number of likely N-dealkylation sites (N-methyl/N-ethyl adjacent to an activating group) is 1. The van der Waals surface area contributed by atoms with E-state index in [1.807, 2.05) is 11.9 Å². The highest BCUT2D eigenvalue weighted by molar-refractivity contribution is 4.97. The number of hydrogen-bond acceptors (Lipinski definition) is 6. The molecule has 0 aliphatic heterocycles. The van der Waals surface area contributed by atoms with Crippen molar-refractivity contribution >= 4 is 0 Å². The van der Waals surface area contributed by atoms with Crippen molar-refractivity contribution in [2.75, 3.05) is 13.6 Å². The molecular formula is C18H29F2N5O3. The van der Waals surface area contributed by atoms with E-state index in [4.69, 9.17) is 0 Å². The Bertz CT molecular complexity index is 641. The Morgan fingerprint density at radius 2 is 2.00 bits per heavy atom. The van der Waals surface area contributed by atoms with Crippen molar-refractivity contribution in [3.63, 3.8) is 0 Å². The average molecular weight is 401 g/mol. The average Bonchev–Trinajstić information content (AvgIpc) is 3.14. The molecule has 0 spiro atoms. The monoisotopic (exact) mass is 401 g/mol. The smallest absolute Gasteiger partial charge is 0.213 e. The second kappa shape index (κ2) is 8.77. The molecule has 3 rings (SSSR count). The Morgan fingerprint density at radius 3 is 2.57 bits per heavy atom. The van der Waals surface area contributed by atoms with Crippen molar-refractivity contribution in [1.82, 2.24) is 19.7 Å². The normalized spacial score (nSPS) is 33.5. The maximum absolute atomic E-state index is 14.7. The van der Waals surface area contributed by atoms with Crippen molar-refractivity contribution in [2.24, 2.45) is 5.92 Å². The van der Waals surface area contributed by atoms with Crippen LogP contribution in [0.25, 0.3) is 0 Å². The first-order chi connectivity index (χ1) is 13.3. The molecule has 4 unspecified atom stereocenters. The van der Waals surface area contributed by atoms with Crippen LogP contribution in [-0.2, 0) is 6.54 Å². The van der Waals surface area contributed by atoms with Gasteiger partial charge < -0.3 is 10.0 Å². The summed E-state index contributed by atoms with van der Waals surface area (Å²) in [5.74, 6) is -0.693. The summed E-state index contributed by atoms with van der Waals surface area (Å²) in [6, 6.07) is -0.414. The van der Waals surface area contributed by atoms with Crippen LogP contribution in [0.4, 0.5) is 8.78 Å². The molecule has 2 aliphatic carbocycles. The van der Waals surface area contributed by atoms with E-state index in [9.17, 15) is 24.0 Å². The molecule has 2 saturated carbocycles. The molecule has 4 atom stereocenters. The molecule has 2 fully saturated rings. The van der Waals surface area contributed by atoms with Crippen molar-refractivity contribution in [3.8, 4) is 0 Å². The van der Waals surface area contributed by atoms with Crippen LogP contribution in [0.15, 0.2) is 12.7 Å². The maximum Gasteiger partial charge on any atom is 0.213 e. The SMILES string of the molecule is CN(CC(O)(Cn1cncn1)C1CCC(F)CC1F)C1CCC([N+](=O)[O-])CC1. The second-order valence-corrected chi connectivity index (χ2v) is 8.39. The molecule has 1 N–H and O–H groups in total. The van der Waals surface area contributed by atoms with Crippen LogP contribution in [0.1, 0.15) is 44.9 Å². The van der Waals surface area contributed by atoms with Crippen LogP contribution in [0.2, 0.25) is 0 Å². The van der Waals surface area contributed by atoms with Crippen molar-refractivity contribution < 1.29 is 18.8 Å². The van der Waals surface area contributed by atoms with Gasteiger partial charge in [-0.3, -0.25) is 14.8 Å². The number of halogens is 2. The number of nitrogens with zero attached hydrogens (tertiary/aromatic N) is 5. The second-order valence-electron chi connectivity index (χ2n) is 8.39. The molecule has 28 heavy (non-hydrogen) atoms. The molecule has 8 nitrogen and oxygen atoms in total. The first-order valence-corrected chi connectivity index (χ1v) is 9.95. The standard InChI is InChI=1S/C18H29F2N5O3/c1-23(14-3-5-15(6-4-14)25(27)28)9-18(26,10-24-12-21-11-22-24)16-7-2-13(19)8-17(16)20/h11-17,26H,2-10H2,1H3. The topological polar surface area (TPSA) is 97.3 Å². The number of hydrogen-bond donors (Lipinski definition) is 1. The van der Waals surface area contributed by atoms with Crippen LogP contribution >= 0.6 is 0 Å². The van der Waals surface area contributed by atoms with Gasteiger partial charge in [-0.15, -0.1) is 0 Å². The van der Waals surface area contributed by atoms with Gasteiger partial charge in [-0.1, -0.05) is 0 Å². The minimum atomic E-state index is -1.43. The Kier molecular flexibility index (Phi) is 6.59. The van der Waals surface area contributed by atoms with Crippen molar-refractivity contribution in [2.45, 2.75) is 81.5 Å². The Hall–Kier alpha value is -1.68. The van der Waals surface area contributed by atoms with Crippen LogP contribution in [0.5, 0.6) is 0 Å². The van der Waals surface area contributed by atoms with E-state index >= 15 is 0 Å². The third kappa shape index (κ3) is 4.83. The summed E-state index contributed by atoms with van der Waals surface area (Å²) in [6.45, 7) is 0.270. The molecular weight excluding hydrogens is 372 g/mol. The zero-order valence-electron chi connectivity index (χ0n) is 16.2. The lowest BCUT2D eigenvalue weighted by Gasteiger charge is -2.44. The molecule has 158 valence electrons. The number of nitro groups is 1. The summed E-state index contributed by atoms with van der Waals surface area (Å²) < 4.78 is 29.8. The summed E-state index contributed by atoms with van der Waals surface area (Å²) >= 11 is 0. The number of aromatic nitrogens is 3. The lowest BCUT2D eigenvalue weighted by atomic mass is 9.74. The summed E-state index contributed by atoms with van der Waals surface area (Å²) in [6.07, 6.45) is 2.89. The van der Waals surface area contributed by atoms with Gasteiger partial charge in [0, 0.05) is 42.7 Å². The van der Waals surface area contributed by atoms with Gasteiger partial charge in [0.1, 0.15) is 30.6 Å². The molecule has 1 aromatic rings. The Morgan fingerprint density at radius 1 is 1.29 bits per heavy atom. The van der Waals surface area contributed by atoms with Gasteiger partial charge in [0.2, 0.25) is 6.04 Å². The lowest BCUT2D eigenvalue weighted by Crippen LogP contribution is -2.56. The summed E-state index contributed by atoms with van der Waals surface area (Å²) in [7, 11) is 1.86. The van der Waals surface area contributed by atoms with Gasteiger partial charge in [0.15, 0.2) is 0 Å². The Labute approximate surface area is 163 Å². The van der Waals surface area contributed by atoms with Gasteiger partial charge in [-0.05, 0) is 32.7 Å². The van der Waals surface area contributed by atoms with Crippen LogP contribution in [0.3, 0.4) is 0 Å². The molecule has 0 saturated heterocycles. The van der Waals surface area contributed by atoms with E-state index in [2.05, 4.69) is 10.1 Å². The minimum absolute atomic E-state index is 0.0730. The molecule has 0 bridgehead atoms. The first kappa shape index (κ1) is 21.0. The fourth-order valence-corrected chi connectivity index (χ4v) is 4.82. The summed E-state index contributed by atoms with van der Waals surface area (Å²) in [4.78, 5) is 16.6. The first-order valence-electron chi connectivity index (χ1n) is 9.95.